The van der Waals surface area contributed by atoms with Crippen molar-refractivity contribution in [3.63, 3.8) is 0 Å². The molecule has 0 spiro atoms. The highest BCUT2D eigenvalue weighted by Gasteiger charge is 2.38. The molecule has 1 aromatic carbocycles. The summed E-state index contributed by atoms with van der Waals surface area (Å²) >= 11 is 0. The minimum atomic E-state index is -0.810. The van der Waals surface area contributed by atoms with Crippen LogP contribution in [0.15, 0.2) is 41.5 Å². The average molecular weight is 242 g/mol. The lowest BCUT2D eigenvalue weighted by Crippen LogP contribution is -2.57. The summed E-state index contributed by atoms with van der Waals surface area (Å²) in [5, 5.41) is 3.17. The molecule has 4 nitrogen and oxygen atoms in total. The van der Waals surface area contributed by atoms with E-state index in [4.69, 9.17) is 11.5 Å². The maximum Gasteiger partial charge on any atom is 0.191 e. The van der Waals surface area contributed by atoms with Gasteiger partial charge >= 0.3 is 0 Å². The summed E-state index contributed by atoms with van der Waals surface area (Å²) in [7, 11) is 0. The van der Waals surface area contributed by atoms with Crippen LogP contribution >= 0.6 is 0 Å². The van der Waals surface area contributed by atoms with Crippen molar-refractivity contribution < 1.29 is 0 Å². The Bertz CT molecular complexity index is 520. The number of rotatable bonds is 1. The van der Waals surface area contributed by atoms with Gasteiger partial charge in [-0.1, -0.05) is 24.3 Å². The Morgan fingerprint density at radius 1 is 1.33 bits per heavy atom. The van der Waals surface area contributed by atoms with E-state index >= 15 is 0 Å². The molecule has 1 aliphatic carbocycles. The molecule has 4 heteroatoms. The fraction of sp³-hybridized carbons (Fsp3) is 0.357. The molecule has 1 unspecified atom stereocenters. The lowest BCUT2D eigenvalue weighted by Gasteiger charge is -2.39. The van der Waals surface area contributed by atoms with E-state index in [1.807, 2.05) is 0 Å². The van der Waals surface area contributed by atoms with Gasteiger partial charge in [-0.25, -0.2) is 4.99 Å². The minimum absolute atomic E-state index is 0.172. The summed E-state index contributed by atoms with van der Waals surface area (Å²) in [6.07, 6.45) is 6.82. The molecular formula is C14H18N4. The molecule has 18 heavy (non-hydrogen) atoms. The van der Waals surface area contributed by atoms with Crippen LogP contribution < -0.4 is 16.8 Å². The fourth-order valence-corrected chi connectivity index (χ4v) is 2.93. The zero-order valence-electron chi connectivity index (χ0n) is 10.3. The number of aryl methyl sites for hydroxylation is 1. The first-order chi connectivity index (χ1) is 8.69. The third-order valence-electron chi connectivity index (χ3n) is 3.78. The molecule has 0 amide bonds. The second kappa shape index (κ2) is 4.14. The van der Waals surface area contributed by atoms with Gasteiger partial charge in [-0.2, -0.15) is 0 Å². The van der Waals surface area contributed by atoms with E-state index in [0.717, 1.165) is 19.3 Å². The Morgan fingerprint density at radius 2 is 2.17 bits per heavy atom. The Morgan fingerprint density at radius 3 is 3.00 bits per heavy atom. The Kier molecular flexibility index (Phi) is 2.59. The molecule has 0 bridgehead atoms. The van der Waals surface area contributed by atoms with E-state index in [1.165, 1.54) is 11.1 Å². The molecule has 0 saturated carbocycles. The molecule has 1 aromatic rings. The second-order valence-corrected chi connectivity index (χ2v) is 4.98. The van der Waals surface area contributed by atoms with Gasteiger partial charge in [0.2, 0.25) is 0 Å². The van der Waals surface area contributed by atoms with Crippen molar-refractivity contribution in [3.8, 4) is 0 Å². The van der Waals surface area contributed by atoms with Crippen molar-refractivity contribution in [1.82, 2.24) is 5.32 Å². The first kappa shape index (κ1) is 11.3. The lowest BCUT2D eigenvalue weighted by molar-refractivity contribution is 0.289. The molecule has 5 N–H and O–H groups in total. The number of nitrogens with one attached hydrogen (secondary N) is 1. The molecule has 3 rings (SSSR count). The van der Waals surface area contributed by atoms with Crippen LogP contribution in [-0.2, 0) is 6.42 Å². The highest BCUT2D eigenvalue weighted by molar-refractivity contribution is 5.92. The van der Waals surface area contributed by atoms with E-state index in [2.05, 4.69) is 34.6 Å². The van der Waals surface area contributed by atoms with E-state index in [9.17, 15) is 0 Å². The number of nitrogens with zero attached hydrogens (tertiary/aromatic N) is 1. The topological polar surface area (TPSA) is 76.4 Å². The Hall–Kier alpha value is -1.81. The maximum absolute atomic E-state index is 6.41. The normalized spacial score (nSPS) is 30.3. The van der Waals surface area contributed by atoms with E-state index < -0.39 is 5.79 Å². The molecule has 2 aliphatic rings. The zero-order chi connectivity index (χ0) is 12.6. The fourth-order valence-electron chi connectivity index (χ4n) is 2.93. The van der Waals surface area contributed by atoms with Crippen molar-refractivity contribution in [2.24, 2.45) is 16.5 Å². The minimum Gasteiger partial charge on any atom is -0.384 e. The number of benzene rings is 1. The number of hydrogen-bond donors (Lipinski definition) is 3. The standard InChI is InChI=1S/C14H18N4/c15-13-8-9-17-14(16,18-13)12-7-3-5-10-4-1-2-6-11(10)12/h1-2,4,6,8-9,12,17H,3,5,7,16H2,(H2,15,18)/t12-,14?/m1/s1. The first-order valence-electron chi connectivity index (χ1n) is 6.35. The van der Waals surface area contributed by atoms with Crippen molar-refractivity contribution >= 4 is 5.84 Å². The summed E-state index contributed by atoms with van der Waals surface area (Å²) in [6.45, 7) is 0. The van der Waals surface area contributed by atoms with Crippen LogP contribution in [0.3, 0.4) is 0 Å². The average Bonchev–Trinajstić information content (AvgIpc) is 2.38. The molecule has 1 heterocycles. The zero-order valence-corrected chi connectivity index (χ0v) is 10.3. The van der Waals surface area contributed by atoms with Gasteiger partial charge in [0.05, 0.1) is 0 Å². The molecule has 0 aromatic heterocycles. The van der Waals surface area contributed by atoms with Gasteiger partial charge < -0.3 is 11.1 Å². The number of amidine groups is 1. The van der Waals surface area contributed by atoms with Crippen LogP contribution in [0.4, 0.5) is 0 Å². The van der Waals surface area contributed by atoms with E-state index in [-0.39, 0.29) is 5.92 Å². The highest BCUT2D eigenvalue weighted by Crippen LogP contribution is 2.38. The summed E-state index contributed by atoms with van der Waals surface area (Å²) in [6, 6.07) is 8.47. The van der Waals surface area contributed by atoms with Gasteiger partial charge in [0.1, 0.15) is 5.84 Å². The smallest absolute Gasteiger partial charge is 0.191 e. The van der Waals surface area contributed by atoms with Crippen LogP contribution in [0.2, 0.25) is 0 Å². The largest absolute Gasteiger partial charge is 0.384 e. The monoisotopic (exact) mass is 242 g/mol. The van der Waals surface area contributed by atoms with Crippen molar-refractivity contribution in [1.29, 1.82) is 0 Å². The summed E-state index contributed by atoms with van der Waals surface area (Å²) in [5.74, 6) is -0.153. The van der Waals surface area contributed by atoms with Crippen LogP contribution in [0, 0.1) is 0 Å². The number of hydrogen-bond acceptors (Lipinski definition) is 4. The van der Waals surface area contributed by atoms with Gasteiger partial charge in [0.25, 0.3) is 0 Å². The number of fused-ring (bicyclic) bond motifs is 1. The SMILES string of the molecule is NC1=NC(N)([C@@H]2CCCc3ccccc32)NC=C1. The molecular weight excluding hydrogens is 224 g/mol. The molecule has 94 valence electrons. The first-order valence-corrected chi connectivity index (χ1v) is 6.35. The van der Waals surface area contributed by atoms with Crippen LogP contribution in [0.25, 0.3) is 0 Å². The maximum atomic E-state index is 6.41. The third-order valence-corrected chi connectivity index (χ3v) is 3.78. The predicted molar refractivity (Wildman–Crippen MR) is 72.9 cm³/mol. The summed E-state index contributed by atoms with van der Waals surface area (Å²) in [4.78, 5) is 4.41. The lowest BCUT2D eigenvalue weighted by atomic mass is 9.79. The van der Waals surface area contributed by atoms with Crippen molar-refractivity contribution in [2.75, 3.05) is 0 Å². The van der Waals surface area contributed by atoms with Gasteiger partial charge in [-0.05, 0) is 36.5 Å². The Balaban J connectivity index is 2.01. The number of nitrogens with two attached hydrogens (primary N) is 2. The van der Waals surface area contributed by atoms with Gasteiger partial charge in [0, 0.05) is 12.1 Å². The van der Waals surface area contributed by atoms with Gasteiger partial charge in [0.15, 0.2) is 5.79 Å². The van der Waals surface area contributed by atoms with Crippen molar-refractivity contribution in [3.05, 3.63) is 47.7 Å². The molecule has 0 radical (unpaired) electrons. The second-order valence-electron chi connectivity index (χ2n) is 4.98. The number of aliphatic imine (C=N–C) groups is 1. The van der Waals surface area contributed by atoms with Crippen LogP contribution in [-0.4, -0.2) is 11.6 Å². The third kappa shape index (κ3) is 1.78. The quantitative estimate of drug-likeness (QED) is 0.692. The summed E-state index contributed by atoms with van der Waals surface area (Å²) < 4.78 is 0. The van der Waals surface area contributed by atoms with Crippen molar-refractivity contribution in [2.45, 2.75) is 31.0 Å². The molecule has 1 aliphatic heterocycles. The van der Waals surface area contributed by atoms with E-state index in [0.29, 0.717) is 5.84 Å². The Labute approximate surface area is 107 Å². The van der Waals surface area contributed by atoms with Crippen LogP contribution in [0.5, 0.6) is 0 Å². The molecule has 0 fully saturated rings. The molecule has 0 saturated heterocycles. The van der Waals surface area contributed by atoms with Gasteiger partial charge in [-0.15, -0.1) is 0 Å². The van der Waals surface area contributed by atoms with Crippen LogP contribution in [0.1, 0.15) is 29.9 Å². The molecule has 2 atom stereocenters. The van der Waals surface area contributed by atoms with Gasteiger partial charge in [-0.3, -0.25) is 5.73 Å². The predicted octanol–water partition coefficient (Wildman–Crippen LogP) is 1.19. The van der Waals surface area contributed by atoms with E-state index in [1.54, 1.807) is 12.3 Å². The summed E-state index contributed by atoms with van der Waals surface area (Å²) in [5.41, 5.74) is 14.9. The highest BCUT2D eigenvalue weighted by atomic mass is 15.3.